The lowest BCUT2D eigenvalue weighted by Crippen LogP contribution is -2.67. The minimum atomic E-state index is -1.79. The second kappa shape index (κ2) is 28.8. The van der Waals surface area contributed by atoms with Crippen molar-refractivity contribution < 1.29 is 71.4 Å². The van der Waals surface area contributed by atoms with Crippen LogP contribution in [0.1, 0.15) is 128 Å². The molecule has 0 aliphatic heterocycles. The smallest absolute Gasteiger partial charge is 0.449 e. The zero-order chi connectivity index (χ0) is 54.9. The van der Waals surface area contributed by atoms with Gasteiger partial charge in [-0.25, -0.2) is 18.4 Å². The third-order valence-electron chi connectivity index (χ3n) is 16.5. The molecule has 76 heavy (non-hydrogen) atoms. The van der Waals surface area contributed by atoms with Crippen LogP contribution >= 0.6 is 33.3 Å². The van der Waals surface area contributed by atoms with E-state index in [1.165, 1.54) is 45.7 Å². The lowest BCUT2D eigenvalue weighted by Gasteiger charge is -2.65. The van der Waals surface area contributed by atoms with E-state index in [1.807, 2.05) is 19.9 Å². The van der Waals surface area contributed by atoms with E-state index in [0.717, 1.165) is 58.3 Å². The number of alkyl halides is 1. The van der Waals surface area contributed by atoms with Gasteiger partial charge in [0.25, 0.3) is 0 Å². The molecule has 0 spiro atoms. The Morgan fingerprint density at radius 1 is 0.895 bits per heavy atom. The van der Waals surface area contributed by atoms with Gasteiger partial charge in [-0.1, -0.05) is 105 Å². The van der Waals surface area contributed by atoms with Gasteiger partial charge in [0.15, 0.2) is 11.4 Å². The summed E-state index contributed by atoms with van der Waals surface area (Å²) >= 11 is 0.428. The number of aliphatic hydroxyl groups is 2. The normalized spacial score (nSPS) is 27.0. The van der Waals surface area contributed by atoms with Gasteiger partial charge in [-0.2, -0.15) is 0 Å². The fraction of sp³-hybridized carbons (Fsp3) is 0.632. The number of hydrogen-bond donors (Lipinski definition) is 3. The van der Waals surface area contributed by atoms with E-state index in [-0.39, 0.29) is 50.4 Å². The number of esters is 1. The second-order valence-corrected chi connectivity index (χ2v) is 24.5. The van der Waals surface area contributed by atoms with Gasteiger partial charge in [-0.05, 0) is 116 Å². The number of aliphatic hydroxyl groups excluding tert-OH is 2. The van der Waals surface area contributed by atoms with Crippen molar-refractivity contribution in [1.82, 2.24) is 5.32 Å². The maximum absolute atomic E-state index is 16.4. The summed E-state index contributed by atoms with van der Waals surface area (Å²) in [5.41, 5.74) is -2.49. The van der Waals surface area contributed by atoms with E-state index >= 15 is 4.39 Å². The van der Waals surface area contributed by atoms with Crippen LogP contribution in [-0.2, 0) is 51.1 Å². The summed E-state index contributed by atoms with van der Waals surface area (Å²) in [6.07, 6.45) is 6.89. The predicted octanol–water partition coefficient (Wildman–Crippen LogP) is 11.6. The summed E-state index contributed by atoms with van der Waals surface area (Å²) in [5, 5.41) is 23.4. The first-order chi connectivity index (χ1) is 36.5. The van der Waals surface area contributed by atoms with Crippen molar-refractivity contribution in [3.63, 3.8) is 0 Å². The Balaban J connectivity index is 0.906. The maximum Gasteiger partial charge on any atom is 0.513 e. The number of ketones is 1. The molecule has 9 atom stereocenters. The van der Waals surface area contributed by atoms with Crippen LogP contribution < -0.4 is 10.1 Å². The molecule has 6 rings (SSSR count). The fourth-order valence-electron chi connectivity index (χ4n) is 12.3. The number of fused-ring (bicyclic) bond motifs is 5. The van der Waals surface area contributed by atoms with Gasteiger partial charge in [-0.15, -0.1) is 0 Å². The lowest BCUT2D eigenvalue weighted by atomic mass is 9.40. The van der Waals surface area contributed by atoms with E-state index in [1.54, 1.807) is 39.0 Å². The number of aryl methyl sites for hydroxylation is 1. The maximum atomic E-state index is 16.4. The molecule has 14 nitrogen and oxygen atoms in total. The number of nitrogens with one attached hydrogen (secondary N) is 1. The standard InChI is InChI=1S/C57H77F2NO13S3/c1-6-50(64)73-57(51(65)74-37-58)38(2)30-43-44-33-46(59)45-32-42(62)21-22-54(45,3)56(44,5)49(34-55(43,57)4)72-53(67)70-27-29-76-75-28-26-69-52(66)71-48-20-19-40(31-41(48)36-61)47(63)35-60-23-13-9-15-25-68-24-14-8-12-18-39-16-10-7-11-17-39/h7,10-11,16-17,19-22,31,38,43-44,47,49,60-61,63H,6,8-9,12-15,18,23-30,32-37H2,1-5H3/t38-,43+,44+,47?,49+,54+,55+,56-,57+/m1/s1. The Morgan fingerprint density at radius 3 is 2.28 bits per heavy atom. The van der Waals surface area contributed by atoms with Gasteiger partial charge in [0.05, 0.1) is 12.7 Å². The zero-order valence-corrected chi connectivity index (χ0v) is 47.0. The van der Waals surface area contributed by atoms with Gasteiger partial charge in [0.1, 0.15) is 36.9 Å². The molecule has 2 saturated carbocycles. The van der Waals surface area contributed by atoms with Crippen molar-refractivity contribution in [3.8, 4) is 5.75 Å². The van der Waals surface area contributed by atoms with E-state index in [0.29, 0.717) is 52.9 Å². The monoisotopic (exact) mass is 1120 g/mol. The summed E-state index contributed by atoms with van der Waals surface area (Å²) in [6.45, 7) is 11.1. The van der Waals surface area contributed by atoms with Gasteiger partial charge in [0, 0.05) is 78.3 Å². The molecule has 0 heterocycles. The SMILES string of the molecule is CCC(=O)O[C@]1(C(=O)SCF)[C@H](C)C[C@H]2[C@@H]3CC(F)=C4CC(=O)C=C[C@]4(C)[C@@]3(C)[C@@H](OC(=O)OCCSSCCOC(=O)Oc3ccc(C(O)CNCCCCCOCCCCCc4ccccc4)cc3CO)C[C@@]21C. The van der Waals surface area contributed by atoms with Crippen molar-refractivity contribution in [2.45, 2.75) is 136 Å². The third kappa shape index (κ3) is 14.2. The largest absolute Gasteiger partial charge is 0.513 e. The minimum absolute atomic E-state index is 0.00400. The van der Waals surface area contributed by atoms with Crippen molar-refractivity contribution in [2.24, 2.45) is 34.0 Å². The number of halogens is 2. The molecule has 4 aliphatic carbocycles. The van der Waals surface area contributed by atoms with Crippen LogP contribution in [0, 0.1) is 34.0 Å². The predicted molar refractivity (Wildman–Crippen MR) is 291 cm³/mol. The first-order valence-corrected chi connectivity index (χ1v) is 30.2. The number of carbonyl (C=O) groups is 5. The summed E-state index contributed by atoms with van der Waals surface area (Å²) in [4.78, 5) is 66.1. The van der Waals surface area contributed by atoms with Gasteiger partial charge in [0.2, 0.25) is 5.12 Å². The number of allylic oxidation sites excluding steroid dienone is 4. The Bertz CT molecular complexity index is 2360. The molecule has 2 fully saturated rings. The minimum Gasteiger partial charge on any atom is -0.449 e. The van der Waals surface area contributed by atoms with Crippen molar-refractivity contribution in [2.75, 3.05) is 57.0 Å². The topological polar surface area (TPSA) is 193 Å². The first kappa shape index (κ1) is 61.2. The number of carbonyl (C=O) groups excluding carboxylic acids is 5. The highest BCUT2D eigenvalue weighted by Gasteiger charge is 2.77. The molecule has 0 amide bonds. The Morgan fingerprint density at radius 2 is 1.59 bits per heavy atom. The highest BCUT2D eigenvalue weighted by molar-refractivity contribution is 8.76. The number of unbranched alkanes of at least 4 members (excludes halogenated alkanes) is 4. The number of benzene rings is 2. The van der Waals surface area contributed by atoms with Gasteiger partial charge in [-0.3, -0.25) is 14.4 Å². The van der Waals surface area contributed by atoms with Crippen LogP contribution in [0.5, 0.6) is 5.75 Å². The van der Waals surface area contributed by atoms with Gasteiger partial charge >= 0.3 is 18.3 Å². The summed E-state index contributed by atoms with van der Waals surface area (Å²) in [5.74, 6) is -2.05. The summed E-state index contributed by atoms with van der Waals surface area (Å²) in [6, 6.07) is 14.2. The lowest BCUT2D eigenvalue weighted by molar-refractivity contribution is -0.217. The van der Waals surface area contributed by atoms with Crippen molar-refractivity contribution in [3.05, 3.63) is 88.8 Å². The first-order valence-electron chi connectivity index (χ1n) is 26.7. The molecular formula is C57H77F2NO13S3. The van der Waals surface area contributed by atoms with Crippen LogP contribution in [0.2, 0.25) is 0 Å². The van der Waals surface area contributed by atoms with Crippen LogP contribution in [0.4, 0.5) is 18.4 Å². The zero-order valence-electron chi connectivity index (χ0n) is 44.6. The molecule has 0 bridgehead atoms. The van der Waals surface area contributed by atoms with E-state index in [9.17, 15) is 38.6 Å². The van der Waals surface area contributed by atoms with E-state index < -0.39 is 93.6 Å². The molecular weight excluding hydrogens is 1040 g/mol. The number of hydrogen-bond acceptors (Lipinski definition) is 17. The van der Waals surface area contributed by atoms with E-state index in [2.05, 4.69) is 29.6 Å². The number of ether oxygens (including phenoxy) is 6. The van der Waals surface area contributed by atoms with Crippen LogP contribution in [0.25, 0.3) is 0 Å². The highest BCUT2D eigenvalue weighted by Crippen LogP contribution is 2.74. The van der Waals surface area contributed by atoms with Crippen LogP contribution in [0.15, 0.2) is 72.1 Å². The Kier molecular flexibility index (Phi) is 23.2. The summed E-state index contributed by atoms with van der Waals surface area (Å²) in [7, 11) is 2.72. The van der Waals surface area contributed by atoms with Crippen LogP contribution in [0.3, 0.4) is 0 Å². The molecule has 4 aliphatic rings. The number of thioether (sulfide) groups is 1. The Hall–Kier alpha value is -3.98. The van der Waals surface area contributed by atoms with Gasteiger partial charge < -0.3 is 44.0 Å². The molecule has 420 valence electrons. The quantitative estimate of drug-likeness (QED) is 0.0229. The van der Waals surface area contributed by atoms with Crippen LogP contribution in [-0.4, -0.2) is 108 Å². The highest BCUT2D eigenvalue weighted by atomic mass is 33.1. The molecule has 0 saturated heterocycles. The molecule has 2 aromatic rings. The average Bonchev–Trinajstić information content (AvgIpc) is 3.74. The second-order valence-electron chi connectivity index (χ2n) is 20.9. The molecule has 2 aromatic carbocycles. The molecule has 19 heteroatoms. The van der Waals surface area contributed by atoms with Crippen molar-refractivity contribution in [1.29, 1.82) is 0 Å². The molecule has 0 aromatic heterocycles. The Labute approximate surface area is 458 Å². The number of rotatable bonds is 29. The molecule has 3 N–H and O–H groups in total. The third-order valence-corrected chi connectivity index (χ3v) is 19.5. The van der Waals surface area contributed by atoms with E-state index in [4.69, 9.17) is 28.4 Å². The molecule has 1 unspecified atom stereocenters. The van der Waals surface area contributed by atoms with Crippen molar-refractivity contribution >= 4 is 62.5 Å². The average molecular weight is 1120 g/mol. The summed E-state index contributed by atoms with van der Waals surface area (Å²) < 4.78 is 64.7. The fourth-order valence-corrected chi connectivity index (χ4v) is 14.7. The molecule has 0 radical (unpaired) electrons.